The summed E-state index contributed by atoms with van der Waals surface area (Å²) in [6.45, 7) is 1.83. The second-order valence-corrected chi connectivity index (χ2v) is 9.02. The van der Waals surface area contributed by atoms with Gasteiger partial charge in [-0.1, -0.05) is 109 Å². The summed E-state index contributed by atoms with van der Waals surface area (Å²) in [5, 5.41) is 15.6. The first-order valence-corrected chi connectivity index (χ1v) is 11.3. The van der Waals surface area contributed by atoms with Crippen molar-refractivity contribution in [2.24, 2.45) is 0 Å². The van der Waals surface area contributed by atoms with Gasteiger partial charge in [0.25, 0.3) is 0 Å². The summed E-state index contributed by atoms with van der Waals surface area (Å²) in [5.41, 5.74) is 1.46. The van der Waals surface area contributed by atoms with Crippen LogP contribution in [0, 0.1) is 0 Å². The van der Waals surface area contributed by atoms with E-state index in [9.17, 15) is 9.90 Å². The first-order chi connectivity index (χ1) is 16.0. The lowest BCUT2D eigenvalue weighted by Crippen LogP contribution is -2.39. The number of carbonyl (C=O) groups is 1. The van der Waals surface area contributed by atoms with Crippen LogP contribution in [0.5, 0.6) is 0 Å². The minimum Gasteiger partial charge on any atom is -0.481 e. The molecule has 0 saturated heterocycles. The van der Waals surface area contributed by atoms with Crippen LogP contribution in [0.25, 0.3) is 21.5 Å². The number of aliphatic carboxylic acids is 1. The molecule has 2 nitrogen and oxygen atoms in total. The molecule has 5 aromatic carbocycles. The average molecular weight is 451 g/mol. The Morgan fingerprint density at radius 2 is 1.15 bits per heavy atom. The standard InChI is InChI=1S/C30H23ClO2/c1-30(29(32)33,22-16-18-23(31)19-17-22)28(26-14-6-10-20-8-2-4-12-24(20)26)27-15-7-11-21-9-3-5-13-25(21)27/h2-19,28H,1H3,(H,32,33). The third kappa shape index (κ3) is 3.57. The zero-order valence-electron chi connectivity index (χ0n) is 18.2. The van der Waals surface area contributed by atoms with Crippen molar-refractivity contribution in [2.45, 2.75) is 18.3 Å². The van der Waals surface area contributed by atoms with Gasteiger partial charge in [0.2, 0.25) is 0 Å². The van der Waals surface area contributed by atoms with Crippen LogP contribution in [0.1, 0.15) is 29.5 Å². The number of carboxylic acid groups (broad SMARTS) is 1. The van der Waals surface area contributed by atoms with Crippen molar-refractivity contribution in [3.8, 4) is 0 Å². The Hall–Kier alpha value is -3.62. The first kappa shape index (κ1) is 21.2. The number of benzene rings is 5. The average Bonchev–Trinajstić information content (AvgIpc) is 2.84. The molecule has 5 aromatic rings. The molecule has 162 valence electrons. The van der Waals surface area contributed by atoms with Gasteiger partial charge < -0.3 is 5.11 Å². The molecule has 0 bridgehead atoms. The molecule has 0 radical (unpaired) electrons. The second kappa shape index (κ2) is 8.38. The minimum atomic E-state index is -1.24. The molecule has 1 atom stereocenters. The molecule has 0 aliphatic rings. The summed E-state index contributed by atoms with van der Waals surface area (Å²) in [5.74, 6) is -1.32. The Balaban J connectivity index is 1.90. The van der Waals surface area contributed by atoms with Crippen molar-refractivity contribution < 1.29 is 9.90 Å². The molecular weight excluding hydrogens is 428 g/mol. The lowest BCUT2D eigenvalue weighted by Gasteiger charge is -2.36. The van der Waals surface area contributed by atoms with Crippen LogP contribution in [0.2, 0.25) is 5.02 Å². The largest absolute Gasteiger partial charge is 0.481 e. The van der Waals surface area contributed by atoms with Crippen LogP contribution in [-0.4, -0.2) is 11.1 Å². The molecule has 0 heterocycles. The predicted molar refractivity (Wildman–Crippen MR) is 136 cm³/mol. The molecule has 0 amide bonds. The summed E-state index contributed by atoms with van der Waals surface area (Å²) >= 11 is 6.16. The zero-order chi connectivity index (χ0) is 23.0. The van der Waals surface area contributed by atoms with Gasteiger partial charge in [-0.05, 0) is 57.3 Å². The Morgan fingerprint density at radius 1 is 0.697 bits per heavy atom. The smallest absolute Gasteiger partial charge is 0.314 e. The Bertz CT molecular complexity index is 1380. The van der Waals surface area contributed by atoms with Gasteiger partial charge in [0.05, 0.1) is 0 Å². The predicted octanol–water partition coefficient (Wildman–Crippen LogP) is 7.82. The maximum Gasteiger partial charge on any atom is 0.314 e. The maximum absolute atomic E-state index is 13.1. The fraction of sp³-hybridized carbons (Fsp3) is 0.100. The third-order valence-corrected chi connectivity index (χ3v) is 6.99. The van der Waals surface area contributed by atoms with Crippen LogP contribution in [0.3, 0.4) is 0 Å². The van der Waals surface area contributed by atoms with Gasteiger partial charge in [-0.15, -0.1) is 0 Å². The van der Waals surface area contributed by atoms with Crippen molar-refractivity contribution in [3.63, 3.8) is 0 Å². The van der Waals surface area contributed by atoms with Crippen molar-refractivity contribution in [1.82, 2.24) is 0 Å². The fourth-order valence-electron chi connectivity index (χ4n) is 5.00. The van der Waals surface area contributed by atoms with E-state index < -0.39 is 17.3 Å². The minimum absolute atomic E-state index is 0.437. The normalized spacial score (nSPS) is 13.3. The number of carboxylic acids is 1. The molecule has 0 aliphatic heterocycles. The molecule has 3 heteroatoms. The SMILES string of the molecule is CC(C(=O)O)(c1ccc(Cl)cc1)C(c1cccc2ccccc12)c1cccc2ccccc12. The highest BCUT2D eigenvalue weighted by Crippen LogP contribution is 2.47. The quantitative estimate of drug-likeness (QED) is 0.296. The van der Waals surface area contributed by atoms with Crippen LogP contribution in [0.15, 0.2) is 109 Å². The summed E-state index contributed by atoms with van der Waals surface area (Å²) in [4.78, 5) is 13.1. The molecule has 5 rings (SSSR count). The number of hydrogen-bond acceptors (Lipinski definition) is 1. The summed E-state index contributed by atoms with van der Waals surface area (Å²) in [7, 11) is 0. The molecule has 0 aliphatic carbocycles. The molecular formula is C30H23ClO2. The van der Waals surface area contributed by atoms with Gasteiger partial charge in [0.15, 0.2) is 0 Å². The van der Waals surface area contributed by atoms with Gasteiger partial charge >= 0.3 is 5.97 Å². The molecule has 0 aromatic heterocycles. The topological polar surface area (TPSA) is 37.3 Å². The van der Waals surface area contributed by atoms with Crippen LogP contribution < -0.4 is 0 Å². The summed E-state index contributed by atoms with van der Waals surface area (Å²) in [6, 6.07) is 35.8. The van der Waals surface area contributed by atoms with Gasteiger partial charge in [0.1, 0.15) is 5.41 Å². The molecule has 1 N–H and O–H groups in total. The van der Waals surface area contributed by atoms with E-state index in [0.717, 1.165) is 32.7 Å². The lowest BCUT2D eigenvalue weighted by molar-refractivity contribution is -0.143. The van der Waals surface area contributed by atoms with E-state index in [4.69, 9.17) is 11.6 Å². The van der Waals surface area contributed by atoms with Gasteiger partial charge in [-0.2, -0.15) is 0 Å². The van der Waals surface area contributed by atoms with Gasteiger partial charge in [0, 0.05) is 10.9 Å². The highest BCUT2D eigenvalue weighted by Gasteiger charge is 2.45. The Labute approximate surface area is 198 Å². The molecule has 0 saturated carbocycles. The van der Waals surface area contributed by atoms with E-state index in [-0.39, 0.29) is 0 Å². The van der Waals surface area contributed by atoms with Crippen molar-refractivity contribution in [2.75, 3.05) is 0 Å². The zero-order valence-corrected chi connectivity index (χ0v) is 19.0. The molecule has 0 spiro atoms. The first-order valence-electron chi connectivity index (χ1n) is 10.9. The second-order valence-electron chi connectivity index (χ2n) is 8.58. The van der Waals surface area contributed by atoms with Crippen LogP contribution in [0.4, 0.5) is 0 Å². The summed E-state index contributed by atoms with van der Waals surface area (Å²) < 4.78 is 0. The van der Waals surface area contributed by atoms with E-state index in [1.807, 2.05) is 55.5 Å². The highest BCUT2D eigenvalue weighted by molar-refractivity contribution is 6.30. The Morgan fingerprint density at radius 3 is 1.64 bits per heavy atom. The number of fused-ring (bicyclic) bond motifs is 2. The highest BCUT2D eigenvalue weighted by atomic mass is 35.5. The van der Waals surface area contributed by atoms with Crippen molar-refractivity contribution in [1.29, 1.82) is 0 Å². The summed E-state index contributed by atoms with van der Waals surface area (Å²) in [6.07, 6.45) is 0. The molecule has 0 fully saturated rings. The fourth-order valence-corrected chi connectivity index (χ4v) is 5.13. The van der Waals surface area contributed by atoms with Crippen LogP contribution in [-0.2, 0) is 10.2 Å². The maximum atomic E-state index is 13.1. The molecule has 33 heavy (non-hydrogen) atoms. The monoisotopic (exact) mass is 450 g/mol. The van der Waals surface area contributed by atoms with E-state index in [1.165, 1.54) is 0 Å². The number of halogens is 1. The van der Waals surface area contributed by atoms with E-state index in [0.29, 0.717) is 10.6 Å². The molecule has 1 unspecified atom stereocenters. The van der Waals surface area contributed by atoms with Crippen LogP contribution >= 0.6 is 11.6 Å². The van der Waals surface area contributed by atoms with Gasteiger partial charge in [-0.3, -0.25) is 4.79 Å². The lowest BCUT2D eigenvalue weighted by atomic mass is 9.65. The van der Waals surface area contributed by atoms with E-state index >= 15 is 0 Å². The van der Waals surface area contributed by atoms with Crippen molar-refractivity contribution in [3.05, 3.63) is 131 Å². The third-order valence-electron chi connectivity index (χ3n) is 6.73. The van der Waals surface area contributed by atoms with Crippen molar-refractivity contribution >= 4 is 39.1 Å². The Kier molecular flexibility index (Phi) is 5.39. The number of hydrogen-bond donors (Lipinski definition) is 1. The number of rotatable bonds is 5. The van der Waals surface area contributed by atoms with E-state index in [2.05, 4.69) is 48.5 Å². The van der Waals surface area contributed by atoms with Gasteiger partial charge in [-0.25, -0.2) is 0 Å². The van der Waals surface area contributed by atoms with E-state index in [1.54, 1.807) is 12.1 Å².